The molecule has 11 aromatic carbocycles. The van der Waals surface area contributed by atoms with E-state index in [0.717, 1.165) is 85.3 Å². The van der Waals surface area contributed by atoms with Crippen molar-refractivity contribution >= 4 is 85.3 Å². The molecule has 7 heteroatoms. The maximum absolute atomic E-state index is 14.1. The van der Waals surface area contributed by atoms with Crippen molar-refractivity contribution in [3.63, 3.8) is 0 Å². The van der Waals surface area contributed by atoms with Gasteiger partial charge in [0.25, 0.3) is 0 Å². The molecular formula is C66H49F2N5. The Bertz CT molecular complexity index is 3260. The van der Waals surface area contributed by atoms with Crippen LogP contribution in [0.1, 0.15) is 0 Å². The van der Waals surface area contributed by atoms with Gasteiger partial charge in [0.05, 0.1) is 0 Å². The van der Waals surface area contributed by atoms with Crippen molar-refractivity contribution in [2.24, 2.45) is 0 Å². The van der Waals surface area contributed by atoms with Crippen LogP contribution in [0.4, 0.5) is 94.1 Å². The van der Waals surface area contributed by atoms with E-state index in [2.05, 4.69) is 219 Å². The lowest BCUT2D eigenvalue weighted by Crippen LogP contribution is -2.13. The molecule has 0 saturated carbocycles. The van der Waals surface area contributed by atoms with Gasteiger partial charge in [-0.2, -0.15) is 0 Å². The maximum atomic E-state index is 14.1. The summed E-state index contributed by atoms with van der Waals surface area (Å²) in [6.45, 7) is 0. The fourth-order valence-corrected chi connectivity index (χ4v) is 9.30. The standard InChI is InChI=1S/C66H49F2N5/c67-50-26-30-57(31-27-50)69(52-16-6-1-7-17-52)59-34-38-61(39-35-59)71(54-20-10-3-11-21-54)63-42-46-65(47-43-63)73(56-24-14-5-15-25-56)66-48-44-64(45-49-66)72(55-22-12-4-13-23-55)62-40-36-60(37-41-62)70(53-18-8-2-9-19-53)58-32-28-51(68)29-33-58/h1-49H. The third-order valence-electron chi connectivity index (χ3n) is 12.7. The summed E-state index contributed by atoms with van der Waals surface area (Å²) in [6.07, 6.45) is 0. The number of para-hydroxylation sites is 5. The van der Waals surface area contributed by atoms with Crippen LogP contribution in [0.3, 0.4) is 0 Å². The van der Waals surface area contributed by atoms with Gasteiger partial charge in [0.1, 0.15) is 11.6 Å². The van der Waals surface area contributed by atoms with Gasteiger partial charge >= 0.3 is 0 Å². The van der Waals surface area contributed by atoms with Crippen LogP contribution in [0.2, 0.25) is 0 Å². The smallest absolute Gasteiger partial charge is 0.123 e. The van der Waals surface area contributed by atoms with E-state index in [0.29, 0.717) is 0 Å². The molecule has 0 heterocycles. The molecule has 0 bridgehead atoms. The Morgan fingerprint density at radius 3 is 0.384 bits per heavy atom. The van der Waals surface area contributed by atoms with E-state index in [1.54, 1.807) is 24.3 Å². The molecule has 0 amide bonds. The minimum absolute atomic E-state index is 0.274. The van der Waals surface area contributed by atoms with Crippen LogP contribution in [0.25, 0.3) is 0 Å². The van der Waals surface area contributed by atoms with E-state index >= 15 is 0 Å². The summed E-state index contributed by atoms with van der Waals surface area (Å²) in [7, 11) is 0. The van der Waals surface area contributed by atoms with Crippen LogP contribution >= 0.6 is 0 Å². The molecule has 0 N–H and O–H groups in total. The molecule has 11 aromatic rings. The van der Waals surface area contributed by atoms with Crippen LogP contribution in [-0.4, -0.2) is 0 Å². The zero-order chi connectivity index (χ0) is 49.3. The molecule has 352 valence electrons. The van der Waals surface area contributed by atoms with E-state index < -0.39 is 0 Å². The van der Waals surface area contributed by atoms with Crippen molar-refractivity contribution in [2.75, 3.05) is 24.5 Å². The van der Waals surface area contributed by atoms with Gasteiger partial charge in [-0.3, -0.25) is 0 Å². The largest absolute Gasteiger partial charge is 0.311 e. The lowest BCUT2D eigenvalue weighted by atomic mass is 10.1. The Morgan fingerprint density at radius 2 is 0.247 bits per heavy atom. The Labute approximate surface area is 425 Å². The number of benzene rings is 11. The van der Waals surface area contributed by atoms with Gasteiger partial charge in [0.2, 0.25) is 0 Å². The number of hydrogen-bond acceptors (Lipinski definition) is 5. The third kappa shape index (κ3) is 10.0. The zero-order valence-corrected chi connectivity index (χ0v) is 39.8. The second-order valence-electron chi connectivity index (χ2n) is 17.4. The van der Waals surface area contributed by atoms with Crippen LogP contribution in [0.5, 0.6) is 0 Å². The predicted molar refractivity (Wildman–Crippen MR) is 300 cm³/mol. The highest BCUT2D eigenvalue weighted by atomic mass is 19.1. The molecular weight excluding hydrogens is 901 g/mol. The number of anilines is 15. The lowest BCUT2D eigenvalue weighted by Gasteiger charge is -2.30. The van der Waals surface area contributed by atoms with Crippen LogP contribution in [0, 0.1) is 11.6 Å². The summed E-state index contributed by atoms with van der Waals surface area (Å²) >= 11 is 0. The molecule has 0 aliphatic heterocycles. The predicted octanol–water partition coefficient (Wildman–Crippen LogP) is 19.3. The van der Waals surface area contributed by atoms with Crippen molar-refractivity contribution in [3.8, 4) is 0 Å². The minimum Gasteiger partial charge on any atom is -0.311 e. The van der Waals surface area contributed by atoms with Crippen molar-refractivity contribution in [2.45, 2.75) is 0 Å². The van der Waals surface area contributed by atoms with Gasteiger partial charge in [-0.05, 0) is 206 Å². The van der Waals surface area contributed by atoms with Crippen molar-refractivity contribution < 1.29 is 8.78 Å². The highest BCUT2D eigenvalue weighted by Crippen LogP contribution is 2.44. The Kier molecular flexibility index (Phi) is 13.2. The molecule has 0 fully saturated rings. The molecule has 73 heavy (non-hydrogen) atoms. The van der Waals surface area contributed by atoms with Crippen molar-refractivity contribution in [1.29, 1.82) is 0 Å². The Morgan fingerprint density at radius 1 is 0.137 bits per heavy atom. The first-order valence-electron chi connectivity index (χ1n) is 24.2. The highest BCUT2D eigenvalue weighted by Gasteiger charge is 2.20. The summed E-state index contributed by atoms with van der Waals surface area (Å²) in [4.78, 5) is 11.0. The molecule has 0 saturated heterocycles. The molecule has 0 unspecified atom stereocenters. The first-order chi connectivity index (χ1) is 36.0. The van der Waals surface area contributed by atoms with Gasteiger partial charge in [-0.25, -0.2) is 8.78 Å². The zero-order valence-electron chi connectivity index (χ0n) is 39.8. The normalized spacial score (nSPS) is 10.9. The molecule has 5 nitrogen and oxygen atoms in total. The first kappa shape index (κ1) is 45.7. The summed E-state index contributed by atoms with van der Waals surface area (Å²) < 4.78 is 28.2. The van der Waals surface area contributed by atoms with Crippen LogP contribution in [0.15, 0.2) is 297 Å². The molecule has 0 aliphatic rings. The van der Waals surface area contributed by atoms with E-state index in [-0.39, 0.29) is 11.6 Å². The van der Waals surface area contributed by atoms with Gasteiger partial charge < -0.3 is 24.5 Å². The minimum atomic E-state index is -0.274. The van der Waals surface area contributed by atoms with Gasteiger partial charge in [0, 0.05) is 85.3 Å². The van der Waals surface area contributed by atoms with Gasteiger partial charge in [-0.15, -0.1) is 0 Å². The quantitative estimate of drug-likeness (QED) is 0.101. The summed E-state index contributed by atoms with van der Waals surface area (Å²) in [6, 6.07) is 99.0. The number of halogens is 2. The van der Waals surface area contributed by atoms with Crippen molar-refractivity contribution in [1.82, 2.24) is 0 Å². The SMILES string of the molecule is Fc1ccc(N(c2ccccc2)c2ccc(N(c3ccccc3)c3ccc(N(c4ccccc4)c4ccc(N(c5ccccc5)c5ccc(N(c6ccccc6)c6ccc(F)cc6)cc5)cc4)cc3)cc2)cc1. The average molecular weight is 950 g/mol. The fourth-order valence-electron chi connectivity index (χ4n) is 9.30. The second-order valence-corrected chi connectivity index (χ2v) is 17.4. The van der Waals surface area contributed by atoms with E-state index in [9.17, 15) is 8.78 Å². The molecule has 0 spiro atoms. The number of nitrogens with zero attached hydrogens (tertiary/aromatic N) is 5. The molecule has 0 aliphatic carbocycles. The summed E-state index contributed by atoms with van der Waals surface area (Å²) in [5.41, 5.74) is 14.6. The average Bonchev–Trinajstić information content (AvgIpc) is 3.45. The second kappa shape index (κ2) is 21.1. The fraction of sp³-hybridized carbons (Fsp3) is 0. The van der Waals surface area contributed by atoms with Crippen LogP contribution < -0.4 is 24.5 Å². The van der Waals surface area contributed by atoms with E-state index in [4.69, 9.17) is 0 Å². The third-order valence-corrected chi connectivity index (χ3v) is 12.7. The lowest BCUT2D eigenvalue weighted by molar-refractivity contribution is 0.627. The topological polar surface area (TPSA) is 16.2 Å². The highest BCUT2D eigenvalue weighted by molar-refractivity contribution is 5.86. The molecule has 0 aromatic heterocycles. The molecule has 11 rings (SSSR count). The summed E-state index contributed by atoms with van der Waals surface area (Å²) in [5.74, 6) is -0.549. The van der Waals surface area contributed by atoms with Gasteiger partial charge in [0.15, 0.2) is 0 Å². The monoisotopic (exact) mass is 949 g/mol. The Balaban J connectivity index is 0.914. The number of rotatable bonds is 15. The number of hydrogen-bond donors (Lipinski definition) is 0. The first-order valence-corrected chi connectivity index (χ1v) is 24.2. The molecule has 0 radical (unpaired) electrons. The van der Waals surface area contributed by atoms with E-state index in [1.807, 2.05) is 54.6 Å². The van der Waals surface area contributed by atoms with Crippen LogP contribution in [-0.2, 0) is 0 Å². The maximum Gasteiger partial charge on any atom is 0.123 e. The van der Waals surface area contributed by atoms with E-state index in [1.165, 1.54) is 24.3 Å². The van der Waals surface area contributed by atoms with Gasteiger partial charge in [-0.1, -0.05) is 91.0 Å². The van der Waals surface area contributed by atoms with Crippen molar-refractivity contribution in [3.05, 3.63) is 309 Å². The summed E-state index contributed by atoms with van der Waals surface area (Å²) in [5, 5.41) is 0. The molecule has 0 atom stereocenters. The Hall–Kier alpha value is -9.72.